The lowest BCUT2D eigenvalue weighted by molar-refractivity contribution is 0.0104. The van der Waals surface area contributed by atoms with Crippen molar-refractivity contribution >= 4 is 5.78 Å². The summed E-state index contributed by atoms with van der Waals surface area (Å²) in [5, 5.41) is 0. The van der Waals surface area contributed by atoms with Crippen molar-refractivity contribution in [1.82, 2.24) is 0 Å². The van der Waals surface area contributed by atoms with E-state index in [1.54, 1.807) is 0 Å². The fraction of sp³-hybridized carbons (Fsp3) is 0.588. The standard InChI is InChI=1S/C17H22O3/c18-17(11-10-14-3-1-2-12-19-14)13-4-6-15(7-5-13)20-16-8-9-16/h4-7,14,16H,1-3,8-12H2. The van der Waals surface area contributed by atoms with Gasteiger partial charge in [0.25, 0.3) is 0 Å². The van der Waals surface area contributed by atoms with Crippen molar-refractivity contribution in [2.24, 2.45) is 0 Å². The van der Waals surface area contributed by atoms with Crippen LogP contribution in [0.3, 0.4) is 0 Å². The molecule has 1 unspecified atom stereocenters. The van der Waals surface area contributed by atoms with Crippen LogP contribution in [0.1, 0.15) is 55.3 Å². The van der Waals surface area contributed by atoms with Crippen LogP contribution < -0.4 is 4.74 Å². The summed E-state index contributed by atoms with van der Waals surface area (Å²) in [5.41, 5.74) is 0.781. The Morgan fingerprint density at radius 1 is 1.15 bits per heavy atom. The number of carbonyl (C=O) groups is 1. The number of ketones is 1. The number of Topliss-reactive ketones (excluding diaryl/α,β-unsaturated/α-hetero) is 1. The smallest absolute Gasteiger partial charge is 0.162 e. The van der Waals surface area contributed by atoms with Crippen molar-refractivity contribution in [3.63, 3.8) is 0 Å². The van der Waals surface area contributed by atoms with E-state index < -0.39 is 0 Å². The first kappa shape index (κ1) is 13.6. The molecular weight excluding hydrogens is 252 g/mol. The van der Waals surface area contributed by atoms with E-state index in [9.17, 15) is 4.79 Å². The molecule has 0 N–H and O–H groups in total. The van der Waals surface area contributed by atoms with Gasteiger partial charge < -0.3 is 9.47 Å². The predicted octanol–water partition coefficient (Wildman–Crippen LogP) is 3.76. The molecule has 1 saturated heterocycles. The van der Waals surface area contributed by atoms with Gasteiger partial charge >= 0.3 is 0 Å². The minimum absolute atomic E-state index is 0.206. The average Bonchev–Trinajstić information content (AvgIpc) is 3.31. The molecule has 0 amide bonds. The second-order valence-corrected chi connectivity index (χ2v) is 5.79. The molecule has 0 aromatic heterocycles. The number of benzene rings is 1. The zero-order valence-electron chi connectivity index (χ0n) is 11.8. The van der Waals surface area contributed by atoms with Crippen molar-refractivity contribution < 1.29 is 14.3 Å². The fourth-order valence-corrected chi connectivity index (χ4v) is 2.57. The average molecular weight is 274 g/mol. The first-order valence-corrected chi connectivity index (χ1v) is 7.73. The van der Waals surface area contributed by atoms with Crippen LogP contribution in [0, 0.1) is 0 Å². The molecule has 1 heterocycles. The van der Waals surface area contributed by atoms with Gasteiger partial charge in [-0.05, 0) is 62.8 Å². The van der Waals surface area contributed by atoms with Gasteiger partial charge in [0, 0.05) is 18.6 Å². The lowest BCUT2D eigenvalue weighted by Gasteiger charge is -2.22. The highest BCUT2D eigenvalue weighted by Gasteiger charge is 2.23. The van der Waals surface area contributed by atoms with E-state index in [4.69, 9.17) is 9.47 Å². The van der Waals surface area contributed by atoms with E-state index in [2.05, 4.69) is 0 Å². The van der Waals surface area contributed by atoms with Gasteiger partial charge in [-0.15, -0.1) is 0 Å². The number of hydrogen-bond acceptors (Lipinski definition) is 3. The second-order valence-electron chi connectivity index (χ2n) is 5.79. The van der Waals surface area contributed by atoms with Crippen LogP contribution in [0.25, 0.3) is 0 Å². The van der Waals surface area contributed by atoms with Gasteiger partial charge in [-0.25, -0.2) is 0 Å². The molecule has 1 aromatic rings. The van der Waals surface area contributed by atoms with Crippen LogP contribution in [-0.4, -0.2) is 24.6 Å². The Bertz CT molecular complexity index is 442. The van der Waals surface area contributed by atoms with Crippen LogP contribution in [0.15, 0.2) is 24.3 Å². The maximum absolute atomic E-state index is 12.1. The van der Waals surface area contributed by atoms with E-state index >= 15 is 0 Å². The molecule has 0 spiro atoms. The third kappa shape index (κ3) is 3.83. The molecule has 3 heteroatoms. The van der Waals surface area contributed by atoms with Crippen LogP contribution in [0.4, 0.5) is 0 Å². The monoisotopic (exact) mass is 274 g/mol. The van der Waals surface area contributed by atoms with Crippen LogP contribution in [0.2, 0.25) is 0 Å². The minimum atomic E-state index is 0.206. The highest BCUT2D eigenvalue weighted by Crippen LogP contribution is 2.27. The number of hydrogen-bond donors (Lipinski definition) is 0. The van der Waals surface area contributed by atoms with Crippen LogP contribution in [0.5, 0.6) is 5.75 Å². The first-order chi connectivity index (χ1) is 9.81. The van der Waals surface area contributed by atoms with Crippen molar-refractivity contribution in [2.75, 3.05) is 6.61 Å². The van der Waals surface area contributed by atoms with Gasteiger partial charge in [-0.1, -0.05) is 0 Å². The van der Waals surface area contributed by atoms with E-state index in [1.807, 2.05) is 24.3 Å². The molecule has 3 rings (SSSR count). The summed E-state index contributed by atoms with van der Waals surface area (Å²) >= 11 is 0. The topological polar surface area (TPSA) is 35.5 Å². The molecule has 1 aliphatic heterocycles. The van der Waals surface area contributed by atoms with Gasteiger partial charge in [0.2, 0.25) is 0 Å². The summed E-state index contributed by atoms with van der Waals surface area (Å²) in [6, 6.07) is 7.56. The molecule has 108 valence electrons. The molecule has 1 saturated carbocycles. The van der Waals surface area contributed by atoms with Crippen molar-refractivity contribution in [2.45, 2.75) is 57.2 Å². The SMILES string of the molecule is O=C(CCC1CCCCO1)c1ccc(OC2CC2)cc1. The van der Waals surface area contributed by atoms with Gasteiger partial charge in [-0.3, -0.25) is 4.79 Å². The van der Waals surface area contributed by atoms with Gasteiger partial charge in [0.15, 0.2) is 5.78 Å². The zero-order valence-corrected chi connectivity index (χ0v) is 11.8. The number of rotatable bonds is 6. The summed E-state index contributed by atoms with van der Waals surface area (Å²) in [6.07, 6.45) is 7.90. The number of carbonyl (C=O) groups excluding carboxylic acids is 1. The van der Waals surface area contributed by atoms with Crippen molar-refractivity contribution in [1.29, 1.82) is 0 Å². The van der Waals surface area contributed by atoms with Gasteiger partial charge in [0.1, 0.15) is 5.75 Å². The predicted molar refractivity (Wildman–Crippen MR) is 77.2 cm³/mol. The Morgan fingerprint density at radius 2 is 1.95 bits per heavy atom. The highest BCUT2D eigenvalue weighted by atomic mass is 16.5. The Morgan fingerprint density at radius 3 is 2.60 bits per heavy atom. The Hall–Kier alpha value is -1.35. The zero-order chi connectivity index (χ0) is 13.8. The molecular formula is C17H22O3. The minimum Gasteiger partial charge on any atom is -0.490 e. The van der Waals surface area contributed by atoms with Gasteiger partial charge in [-0.2, -0.15) is 0 Å². The Kier molecular flexibility index (Phi) is 4.36. The summed E-state index contributed by atoms with van der Waals surface area (Å²) in [4.78, 5) is 12.1. The fourth-order valence-electron chi connectivity index (χ4n) is 2.57. The largest absolute Gasteiger partial charge is 0.490 e. The van der Waals surface area contributed by atoms with E-state index in [-0.39, 0.29) is 11.9 Å². The number of ether oxygens (including phenoxy) is 2. The van der Waals surface area contributed by atoms with Crippen molar-refractivity contribution in [3.8, 4) is 5.75 Å². The molecule has 1 aliphatic carbocycles. The Labute approximate surface area is 120 Å². The summed E-state index contributed by atoms with van der Waals surface area (Å²) in [5.74, 6) is 1.08. The van der Waals surface area contributed by atoms with Crippen LogP contribution in [-0.2, 0) is 4.74 Å². The molecule has 2 aliphatic rings. The maximum Gasteiger partial charge on any atom is 0.162 e. The lowest BCUT2D eigenvalue weighted by atomic mass is 10.0. The molecule has 0 bridgehead atoms. The quantitative estimate of drug-likeness (QED) is 0.741. The molecule has 20 heavy (non-hydrogen) atoms. The summed E-state index contributed by atoms with van der Waals surface area (Å²) in [6.45, 7) is 0.853. The summed E-state index contributed by atoms with van der Waals surface area (Å²) in [7, 11) is 0. The molecule has 3 nitrogen and oxygen atoms in total. The summed E-state index contributed by atoms with van der Waals surface area (Å²) < 4.78 is 11.3. The third-order valence-electron chi connectivity index (χ3n) is 3.97. The van der Waals surface area contributed by atoms with E-state index in [1.165, 1.54) is 6.42 Å². The molecule has 0 radical (unpaired) electrons. The first-order valence-electron chi connectivity index (χ1n) is 7.73. The Balaban J connectivity index is 1.48. The van der Waals surface area contributed by atoms with Crippen molar-refractivity contribution in [3.05, 3.63) is 29.8 Å². The maximum atomic E-state index is 12.1. The molecule has 1 atom stereocenters. The second kappa shape index (κ2) is 6.40. The highest BCUT2D eigenvalue weighted by molar-refractivity contribution is 5.96. The third-order valence-corrected chi connectivity index (χ3v) is 3.97. The molecule has 2 fully saturated rings. The van der Waals surface area contributed by atoms with Crippen LogP contribution >= 0.6 is 0 Å². The lowest BCUT2D eigenvalue weighted by Crippen LogP contribution is -2.20. The molecule has 1 aromatic carbocycles. The normalized spacial score (nSPS) is 22.5. The van der Waals surface area contributed by atoms with Gasteiger partial charge in [0.05, 0.1) is 12.2 Å². The van der Waals surface area contributed by atoms with E-state index in [0.29, 0.717) is 12.5 Å². The van der Waals surface area contributed by atoms with E-state index in [0.717, 1.165) is 50.0 Å².